The molecule has 1 aromatic heterocycles. The van der Waals surface area contributed by atoms with Crippen molar-refractivity contribution in [2.75, 3.05) is 0 Å². The molecule has 1 heterocycles. The summed E-state index contributed by atoms with van der Waals surface area (Å²) in [7, 11) is 0. The predicted molar refractivity (Wildman–Crippen MR) is 89.7 cm³/mol. The van der Waals surface area contributed by atoms with Gasteiger partial charge in [-0.3, -0.25) is 0 Å². The number of hydrogen-bond acceptors (Lipinski definition) is 3. The summed E-state index contributed by atoms with van der Waals surface area (Å²) in [5.74, 6) is 0. The van der Waals surface area contributed by atoms with E-state index in [1.54, 1.807) is 11.3 Å². The number of aromatic nitrogens is 1. The molecule has 3 aromatic rings. The molecule has 0 radical (unpaired) electrons. The number of aryl methyl sites for hydroxylation is 2. The molecule has 3 rings (SSSR count). The van der Waals surface area contributed by atoms with Crippen molar-refractivity contribution >= 4 is 24.0 Å². The maximum absolute atomic E-state index is 4.59. The normalized spacial score (nSPS) is 10.8. The van der Waals surface area contributed by atoms with Crippen LogP contribution < -0.4 is 0 Å². The zero-order chi connectivity index (χ0) is 14.1. The smallest absolute Gasteiger partial charge is 0.148 e. The van der Waals surface area contributed by atoms with Crippen LogP contribution in [0.1, 0.15) is 11.1 Å². The summed E-state index contributed by atoms with van der Waals surface area (Å²) in [4.78, 5) is 5.77. The molecule has 0 saturated heterocycles. The molecule has 0 aliphatic carbocycles. The van der Waals surface area contributed by atoms with Crippen LogP contribution in [0.25, 0.3) is 21.7 Å². The van der Waals surface area contributed by atoms with E-state index in [-0.39, 0.29) is 0 Å². The minimum Gasteiger partial charge on any atom is -0.229 e. The van der Waals surface area contributed by atoms with Gasteiger partial charge in [0.2, 0.25) is 0 Å². The molecule has 0 saturated carbocycles. The number of rotatable bonds is 2. The van der Waals surface area contributed by atoms with Gasteiger partial charge in [-0.15, -0.1) is 24.0 Å². The van der Waals surface area contributed by atoms with Gasteiger partial charge in [0, 0.05) is 5.56 Å². The van der Waals surface area contributed by atoms with E-state index in [0.717, 1.165) is 15.6 Å². The van der Waals surface area contributed by atoms with Gasteiger partial charge in [0.15, 0.2) is 0 Å². The fourth-order valence-electron chi connectivity index (χ4n) is 2.12. The van der Waals surface area contributed by atoms with Gasteiger partial charge in [0.1, 0.15) is 4.34 Å². The third-order valence-electron chi connectivity index (χ3n) is 3.25. The van der Waals surface area contributed by atoms with Gasteiger partial charge in [-0.2, -0.15) is 0 Å². The van der Waals surface area contributed by atoms with Gasteiger partial charge in [-0.05, 0) is 19.4 Å². The molecule has 3 heteroatoms. The average molecular weight is 297 g/mol. The Bertz CT molecular complexity index is 662. The molecule has 0 amide bonds. The first-order valence-electron chi connectivity index (χ1n) is 6.47. The van der Waals surface area contributed by atoms with Crippen LogP contribution in [0.15, 0.2) is 52.9 Å². The van der Waals surface area contributed by atoms with Crippen LogP contribution in [0.5, 0.6) is 0 Å². The maximum atomic E-state index is 4.59. The topological polar surface area (TPSA) is 12.9 Å². The highest BCUT2D eigenvalue weighted by Gasteiger charge is 2.13. The van der Waals surface area contributed by atoms with Crippen LogP contribution in [0, 0.1) is 13.8 Å². The number of hydrogen-bond donors (Lipinski definition) is 1. The van der Waals surface area contributed by atoms with Gasteiger partial charge in [0.25, 0.3) is 0 Å². The molecule has 0 bridgehead atoms. The standard InChI is InChI=1S/C17H15NS2/c1-11-3-7-13(8-4-11)15-16(20-17(19)18-15)14-9-5-12(2)6-10-14/h3-10H,1-2H3,(H,18,19). The highest BCUT2D eigenvalue weighted by molar-refractivity contribution is 7.82. The Morgan fingerprint density at radius 3 is 1.85 bits per heavy atom. The lowest BCUT2D eigenvalue weighted by atomic mass is 10.0. The molecule has 0 fully saturated rings. The Kier molecular flexibility index (Phi) is 3.64. The second kappa shape index (κ2) is 5.43. The molecule has 0 unspecified atom stereocenters. The zero-order valence-corrected chi connectivity index (χ0v) is 13.1. The predicted octanol–water partition coefficient (Wildman–Crippen LogP) is 5.38. The third-order valence-corrected chi connectivity index (χ3v) is 4.54. The third kappa shape index (κ3) is 2.65. The van der Waals surface area contributed by atoms with Crippen molar-refractivity contribution in [3.8, 4) is 21.7 Å². The molecule has 2 aromatic carbocycles. The Morgan fingerprint density at radius 1 is 0.800 bits per heavy atom. The summed E-state index contributed by atoms with van der Waals surface area (Å²) in [5, 5.41) is 0. The molecule has 0 N–H and O–H groups in total. The largest absolute Gasteiger partial charge is 0.229 e. The first-order chi connectivity index (χ1) is 9.63. The van der Waals surface area contributed by atoms with E-state index < -0.39 is 0 Å². The zero-order valence-electron chi connectivity index (χ0n) is 11.4. The van der Waals surface area contributed by atoms with E-state index in [4.69, 9.17) is 0 Å². The molecule has 0 atom stereocenters. The van der Waals surface area contributed by atoms with Crippen molar-refractivity contribution in [2.45, 2.75) is 18.2 Å². The van der Waals surface area contributed by atoms with Gasteiger partial charge in [-0.25, -0.2) is 4.98 Å². The summed E-state index contributed by atoms with van der Waals surface area (Å²) < 4.78 is 0.802. The van der Waals surface area contributed by atoms with Crippen LogP contribution in [0.3, 0.4) is 0 Å². The molecule has 1 nitrogen and oxygen atoms in total. The van der Waals surface area contributed by atoms with Crippen molar-refractivity contribution in [1.82, 2.24) is 4.98 Å². The lowest BCUT2D eigenvalue weighted by Crippen LogP contribution is -1.83. The lowest BCUT2D eigenvalue weighted by molar-refractivity contribution is 1.26. The number of nitrogens with zero attached hydrogens (tertiary/aromatic N) is 1. The van der Waals surface area contributed by atoms with E-state index in [2.05, 4.69) is 80.0 Å². The Labute approximate surface area is 128 Å². The number of thiol groups is 1. The van der Waals surface area contributed by atoms with Crippen LogP contribution >= 0.6 is 24.0 Å². The van der Waals surface area contributed by atoms with E-state index >= 15 is 0 Å². The molecule has 0 spiro atoms. The molecule has 0 aliphatic rings. The van der Waals surface area contributed by atoms with E-state index in [1.807, 2.05) is 0 Å². The summed E-state index contributed by atoms with van der Waals surface area (Å²) in [6.07, 6.45) is 0. The number of benzene rings is 2. The van der Waals surface area contributed by atoms with Crippen molar-refractivity contribution < 1.29 is 0 Å². The first-order valence-corrected chi connectivity index (χ1v) is 7.74. The highest BCUT2D eigenvalue weighted by Crippen LogP contribution is 2.38. The van der Waals surface area contributed by atoms with Crippen molar-refractivity contribution in [3.63, 3.8) is 0 Å². The van der Waals surface area contributed by atoms with Crippen LogP contribution in [0.4, 0.5) is 0 Å². The lowest BCUT2D eigenvalue weighted by Gasteiger charge is -2.04. The van der Waals surface area contributed by atoms with Crippen LogP contribution in [-0.2, 0) is 0 Å². The second-order valence-electron chi connectivity index (χ2n) is 4.91. The first kappa shape index (κ1) is 13.4. The van der Waals surface area contributed by atoms with Gasteiger partial charge < -0.3 is 0 Å². The minimum atomic E-state index is 0.802. The average Bonchev–Trinajstić information content (AvgIpc) is 2.82. The van der Waals surface area contributed by atoms with E-state index in [1.165, 1.54) is 21.6 Å². The highest BCUT2D eigenvalue weighted by atomic mass is 32.2. The van der Waals surface area contributed by atoms with Gasteiger partial charge >= 0.3 is 0 Å². The van der Waals surface area contributed by atoms with Crippen molar-refractivity contribution in [2.24, 2.45) is 0 Å². The maximum Gasteiger partial charge on any atom is 0.148 e. The van der Waals surface area contributed by atoms with Crippen LogP contribution in [0.2, 0.25) is 0 Å². The summed E-state index contributed by atoms with van der Waals surface area (Å²) in [6, 6.07) is 17.0. The summed E-state index contributed by atoms with van der Waals surface area (Å²) in [5.41, 5.74) is 5.88. The van der Waals surface area contributed by atoms with E-state index in [0.29, 0.717) is 0 Å². The molecular weight excluding hydrogens is 282 g/mol. The van der Waals surface area contributed by atoms with Gasteiger partial charge in [-0.1, -0.05) is 59.7 Å². The van der Waals surface area contributed by atoms with Crippen molar-refractivity contribution in [3.05, 3.63) is 59.7 Å². The quantitative estimate of drug-likeness (QED) is 0.626. The van der Waals surface area contributed by atoms with E-state index in [9.17, 15) is 0 Å². The monoisotopic (exact) mass is 297 g/mol. The molecular formula is C17H15NS2. The Balaban J connectivity index is 2.12. The van der Waals surface area contributed by atoms with Crippen molar-refractivity contribution in [1.29, 1.82) is 0 Å². The Hall–Kier alpha value is -1.58. The SMILES string of the molecule is Cc1ccc(-c2nc(S)sc2-c2ccc(C)cc2)cc1. The number of thiazole rings is 1. The summed E-state index contributed by atoms with van der Waals surface area (Å²) in [6.45, 7) is 4.19. The summed E-state index contributed by atoms with van der Waals surface area (Å²) >= 11 is 6.05. The molecule has 100 valence electrons. The second-order valence-corrected chi connectivity index (χ2v) is 6.63. The molecule has 0 aliphatic heterocycles. The fraction of sp³-hybridized carbons (Fsp3) is 0.118. The Morgan fingerprint density at radius 2 is 1.30 bits per heavy atom. The van der Waals surface area contributed by atoms with Crippen LogP contribution in [-0.4, -0.2) is 4.98 Å². The van der Waals surface area contributed by atoms with Gasteiger partial charge in [0.05, 0.1) is 10.6 Å². The minimum absolute atomic E-state index is 0.802. The fourth-order valence-corrected chi connectivity index (χ4v) is 3.32. The molecule has 20 heavy (non-hydrogen) atoms.